The summed E-state index contributed by atoms with van der Waals surface area (Å²) in [4.78, 5) is 10.9. The third-order valence-corrected chi connectivity index (χ3v) is 2.38. The summed E-state index contributed by atoms with van der Waals surface area (Å²) in [6, 6.07) is 13.8. The number of carbonyl (C=O) groups excluding carboxylic acids is 1. The van der Waals surface area contributed by atoms with Gasteiger partial charge in [0.05, 0.1) is 0 Å². The molecule has 3 nitrogen and oxygen atoms in total. The fourth-order valence-corrected chi connectivity index (χ4v) is 1.51. The van der Waals surface area contributed by atoms with Crippen LogP contribution >= 0.6 is 0 Å². The smallest absolute Gasteiger partial charge is 0.389 e. The van der Waals surface area contributed by atoms with Gasteiger partial charge < -0.3 is 9.84 Å². The van der Waals surface area contributed by atoms with Crippen molar-refractivity contribution in [2.75, 3.05) is 0 Å². The van der Waals surface area contributed by atoms with E-state index in [1.807, 2.05) is 18.1 Å². The van der Waals surface area contributed by atoms with Crippen molar-refractivity contribution >= 4 is 5.97 Å². The molecule has 0 atom stereocenters. The lowest BCUT2D eigenvalue weighted by Gasteiger charge is -2.04. The predicted molar refractivity (Wildman–Crippen MR) is 68.0 cm³/mol. The third-order valence-electron chi connectivity index (χ3n) is 2.38. The molecule has 0 saturated heterocycles. The number of esters is 1. The van der Waals surface area contributed by atoms with Gasteiger partial charge in [0.1, 0.15) is 11.5 Å². The first kappa shape index (κ1) is 11.7. The summed E-state index contributed by atoms with van der Waals surface area (Å²) >= 11 is 0. The second-order valence-corrected chi connectivity index (χ2v) is 3.61. The number of rotatable bonds is 2. The highest BCUT2D eigenvalue weighted by atomic mass is 16.5. The van der Waals surface area contributed by atoms with Crippen LogP contribution in [-0.4, -0.2) is 11.1 Å². The maximum atomic E-state index is 10.9. The van der Waals surface area contributed by atoms with Crippen LogP contribution in [0.1, 0.15) is 0 Å². The molecule has 0 bridgehead atoms. The minimum Gasteiger partial charge on any atom is -0.508 e. The van der Waals surface area contributed by atoms with Crippen LogP contribution in [0.4, 0.5) is 0 Å². The average Bonchev–Trinajstić information content (AvgIpc) is 2.40. The summed E-state index contributed by atoms with van der Waals surface area (Å²) in [5.74, 6) is 1.79. The molecule has 2 aromatic carbocycles. The predicted octanol–water partition coefficient (Wildman–Crippen LogP) is 2.60. The lowest BCUT2D eigenvalue weighted by atomic mass is 10.1. The average molecular weight is 238 g/mol. The molecule has 0 aromatic heterocycles. The molecule has 0 aliphatic carbocycles. The number of hydrogen-bond donors (Lipinski definition) is 1. The van der Waals surface area contributed by atoms with Crippen LogP contribution < -0.4 is 4.74 Å². The fraction of sp³-hybridized carbons (Fsp3) is 0. The number of aromatic hydroxyl groups is 1. The molecule has 0 fully saturated rings. The van der Waals surface area contributed by atoms with Gasteiger partial charge in [-0.25, -0.2) is 4.79 Å². The van der Waals surface area contributed by atoms with Crippen molar-refractivity contribution < 1.29 is 14.6 Å². The van der Waals surface area contributed by atoms with Crippen LogP contribution in [0.15, 0.2) is 48.5 Å². The molecule has 0 amide bonds. The van der Waals surface area contributed by atoms with Gasteiger partial charge in [-0.05, 0) is 35.4 Å². The Morgan fingerprint density at radius 2 is 1.50 bits per heavy atom. The molecule has 0 spiro atoms. The summed E-state index contributed by atoms with van der Waals surface area (Å²) in [6.45, 7) is 0. The highest BCUT2D eigenvalue weighted by Gasteiger charge is 2.02. The molecule has 2 aromatic rings. The Bertz CT molecular complexity index is 589. The van der Waals surface area contributed by atoms with Crippen molar-refractivity contribution in [3.8, 4) is 35.0 Å². The standard InChI is InChI=1S/C15H10O3/c1-2-15(17)18-14-9-5-12(6-10-14)11-3-7-13(16)8-4-11/h1,3-10,16H. The van der Waals surface area contributed by atoms with Gasteiger partial charge in [-0.2, -0.15) is 0 Å². The van der Waals surface area contributed by atoms with E-state index in [1.54, 1.807) is 36.4 Å². The second-order valence-electron chi connectivity index (χ2n) is 3.61. The van der Waals surface area contributed by atoms with Crippen LogP contribution in [0, 0.1) is 12.3 Å². The van der Waals surface area contributed by atoms with E-state index >= 15 is 0 Å². The van der Waals surface area contributed by atoms with E-state index in [0.29, 0.717) is 5.75 Å². The Labute approximate surface area is 105 Å². The van der Waals surface area contributed by atoms with Gasteiger partial charge >= 0.3 is 5.97 Å². The molecule has 18 heavy (non-hydrogen) atoms. The molecule has 88 valence electrons. The summed E-state index contributed by atoms with van der Waals surface area (Å²) < 4.78 is 4.86. The Kier molecular flexibility index (Phi) is 3.31. The SMILES string of the molecule is C#CC(=O)Oc1ccc(-c2ccc(O)cc2)cc1. The molecule has 1 N–H and O–H groups in total. The van der Waals surface area contributed by atoms with Gasteiger partial charge in [0.15, 0.2) is 0 Å². The van der Waals surface area contributed by atoms with Gasteiger partial charge in [-0.3, -0.25) is 0 Å². The zero-order valence-electron chi connectivity index (χ0n) is 9.46. The maximum Gasteiger partial charge on any atom is 0.389 e. The Hall–Kier alpha value is -2.73. The molecule has 2 rings (SSSR count). The van der Waals surface area contributed by atoms with Crippen LogP contribution in [0.2, 0.25) is 0 Å². The quantitative estimate of drug-likeness (QED) is 0.378. The number of terminal acetylenes is 1. The fourth-order valence-electron chi connectivity index (χ4n) is 1.51. The Balaban J connectivity index is 2.20. The van der Waals surface area contributed by atoms with Crippen molar-refractivity contribution in [1.29, 1.82) is 0 Å². The maximum absolute atomic E-state index is 10.9. The number of carbonyl (C=O) groups is 1. The molecule has 0 heterocycles. The van der Waals surface area contributed by atoms with Crippen LogP contribution in [0.3, 0.4) is 0 Å². The number of phenolic OH excluding ortho intramolecular Hbond substituents is 1. The van der Waals surface area contributed by atoms with Gasteiger partial charge in [0.25, 0.3) is 0 Å². The van der Waals surface area contributed by atoms with E-state index in [1.165, 1.54) is 0 Å². The van der Waals surface area contributed by atoms with Crippen molar-refractivity contribution in [3.05, 3.63) is 48.5 Å². The molecular formula is C15H10O3. The van der Waals surface area contributed by atoms with E-state index < -0.39 is 5.97 Å². The van der Waals surface area contributed by atoms with Crippen molar-refractivity contribution in [2.45, 2.75) is 0 Å². The first-order valence-corrected chi connectivity index (χ1v) is 5.27. The molecular weight excluding hydrogens is 228 g/mol. The first-order valence-electron chi connectivity index (χ1n) is 5.27. The van der Waals surface area contributed by atoms with Crippen LogP contribution in [0.5, 0.6) is 11.5 Å². The van der Waals surface area contributed by atoms with E-state index in [4.69, 9.17) is 11.2 Å². The first-order chi connectivity index (χ1) is 8.69. The van der Waals surface area contributed by atoms with Crippen molar-refractivity contribution in [1.82, 2.24) is 0 Å². The minimum absolute atomic E-state index is 0.221. The molecule has 3 heteroatoms. The van der Waals surface area contributed by atoms with Gasteiger partial charge in [-0.15, -0.1) is 6.42 Å². The normalized spacial score (nSPS) is 9.50. The zero-order chi connectivity index (χ0) is 13.0. The van der Waals surface area contributed by atoms with Crippen molar-refractivity contribution in [2.24, 2.45) is 0 Å². The third kappa shape index (κ3) is 2.69. The van der Waals surface area contributed by atoms with E-state index in [-0.39, 0.29) is 5.75 Å². The monoisotopic (exact) mass is 238 g/mol. The van der Waals surface area contributed by atoms with Gasteiger partial charge in [-0.1, -0.05) is 24.3 Å². The lowest BCUT2D eigenvalue weighted by molar-refractivity contribution is -0.128. The van der Waals surface area contributed by atoms with Crippen LogP contribution in [-0.2, 0) is 4.79 Å². The van der Waals surface area contributed by atoms with Gasteiger partial charge in [0, 0.05) is 5.92 Å². The second kappa shape index (κ2) is 5.07. The summed E-state index contributed by atoms with van der Waals surface area (Å²) in [5, 5.41) is 9.20. The molecule has 0 aliphatic rings. The zero-order valence-corrected chi connectivity index (χ0v) is 9.46. The summed E-state index contributed by atoms with van der Waals surface area (Å²) in [6.07, 6.45) is 4.91. The highest BCUT2D eigenvalue weighted by Crippen LogP contribution is 2.24. The summed E-state index contributed by atoms with van der Waals surface area (Å²) in [5.41, 5.74) is 1.91. The highest BCUT2D eigenvalue weighted by molar-refractivity contribution is 5.89. The summed E-state index contributed by atoms with van der Waals surface area (Å²) in [7, 11) is 0. The van der Waals surface area contributed by atoms with E-state index in [0.717, 1.165) is 11.1 Å². The molecule has 0 saturated carbocycles. The van der Waals surface area contributed by atoms with Crippen molar-refractivity contribution in [3.63, 3.8) is 0 Å². The number of phenols is 1. The molecule has 0 unspecified atom stereocenters. The topological polar surface area (TPSA) is 46.5 Å². The number of hydrogen-bond acceptors (Lipinski definition) is 3. The van der Waals surface area contributed by atoms with E-state index in [9.17, 15) is 9.90 Å². The number of ether oxygens (including phenoxy) is 1. The Morgan fingerprint density at radius 1 is 1.00 bits per heavy atom. The molecule has 0 aliphatic heterocycles. The minimum atomic E-state index is -0.715. The largest absolute Gasteiger partial charge is 0.508 e. The van der Waals surface area contributed by atoms with Gasteiger partial charge in [0.2, 0.25) is 0 Å². The lowest BCUT2D eigenvalue weighted by Crippen LogP contribution is -2.03. The van der Waals surface area contributed by atoms with E-state index in [2.05, 4.69) is 0 Å². The van der Waals surface area contributed by atoms with Crippen LogP contribution in [0.25, 0.3) is 11.1 Å². The molecule has 0 radical (unpaired) electrons. The Morgan fingerprint density at radius 3 is 2.00 bits per heavy atom. The number of benzene rings is 2.